The number of benzene rings is 1. The summed E-state index contributed by atoms with van der Waals surface area (Å²) in [5.41, 5.74) is 1.15. The minimum Gasteiger partial charge on any atom is -0.464 e. The lowest BCUT2D eigenvalue weighted by atomic mass is 9.95. The van der Waals surface area contributed by atoms with E-state index in [4.69, 9.17) is 4.74 Å². The van der Waals surface area contributed by atoms with Crippen molar-refractivity contribution in [2.24, 2.45) is 5.92 Å². The van der Waals surface area contributed by atoms with E-state index in [0.717, 1.165) is 6.29 Å². The van der Waals surface area contributed by atoms with Crippen LogP contribution in [0.2, 0.25) is 0 Å². The molecule has 2 atom stereocenters. The number of hydrogen-bond acceptors (Lipinski definition) is 4. The van der Waals surface area contributed by atoms with Crippen LogP contribution in [0.3, 0.4) is 0 Å². The Morgan fingerprint density at radius 3 is 2.68 bits per heavy atom. The fourth-order valence-corrected chi connectivity index (χ4v) is 2.54. The highest BCUT2D eigenvalue weighted by Crippen LogP contribution is 2.27. The molecule has 0 aliphatic heterocycles. The van der Waals surface area contributed by atoms with Crippen LogP contribution in [0.25, 0.3) is 0 Å². The van der Waals surface area contributed by atoms with E-state index in [0.29, 0.717) is 24.0 Å². The standard InChI is InChI=1S/C17H19NO4/c1-2-22-17(21)15(14-9-8-12(10-14)11-19)18-16(20)13-6-4-3-5-7-13/h3-8,11,14-15H,2,9-10H2,1H3,(H,18,20)/t14-,15-/m0/s1. The second-order valence-electron chi connectivity index (χ2n) is 5.17. The molecule has 0 bridgehead atoms. The molecule has 0 heterocycles. The van der Waals surface area contributed by atoms with Crippen molar-refractivity contribution in [3.63, 3.8) is 0 Å². The minimum absolute atomic E-state index is 0.146. The van der Waals surface area contributed by atoms with Gasteiger partial charge in [-0.15, -0.1) is 0 Å². The van der Waals surface area contributed by atoms with E-state index >= 15 is 0 Å². The Bertz CT molecular complexity index is 580. The van der Waals surface area contributed by atoms with Crippen LogP contribution in [-0.4, -0.2) is 30.8 Å². The number of amides is 1. The van der Waals surface area contributed by atoms with Crippen LogP contribution in [0, 0.1) is 5.92 Å². The maximum atomic E-state index is 12.3. The van der Waals surface area contributed by atoms with E-state index < -0.39 is 12.0 Å². The first-order valence-corrected chi connectivity index (χ1v) is 7.32. The smallest absolute Gasteiger partial charge is 0.328 e. The van der Waals surface area contributed by atoms with Crippen LogP contribution in [0.4, 0.5) is 0 Å². The summed E-state index contributed by atoms with van der Waals surface area (Å²) in [4.78, 5) is 35.3. The molecule has 0 fully saturated rings. The van der Waals surface area contributed by atoms with E-state index in [1.54, 1.807) is 37.3 Å². The summed E-state index contributed by atoms with van der Waals surface area (Å²) in [6, 6.07) is 7.95. The molecule has 2 rings (SSSR count). The van der Waals surface area contributed by atoms with Gasteiger partial charge in [-0.05, 0) is 43.4 Å². The number of rotatable bonds is 6. The molecule has 0 aromatic heterocycles. The average molecular weight is 301 g/mol. The van der Waals surface area contributed by atoms with E-state index in [-0.39, 0.29) is 18.4 Å². The highest BCUT2D eigenvalue weighted by atomic mass is 16.5. The number of carbonyl (C=O) groups is 3. The van der Waals surface area contributed by atoms with Gasteiger partial charge in [-0.1, -0.05) is 24.3 Å². The van der Waals surface area contributed by atoms with Crippen molar-refractivity contribution in [1.29, 1.82) is 0 Å². The number of allylic oxidation sites excluding steroid dienone is 2. The summed E-state index contributed by atoms with van der Waals surface area (Å²) in [5, 5.41) is 2.74. The average Bonchev–Trinajstić information content (AvgIpc) is 3.02. The fourth-order valence-electron chi connectivity index (χ4n) is 2.54. The van der Waals surface area contributed by atoms with Gasteiger partial charge in [0, 0.05) is 5.56 Å². The Hall–Kier alpha value is -2.43. The number of aldehydes is 1. The third-order valence-corrected chi connectivity index (χ3v) is 3.67. The largest absolute Gasteiger partial charge is 0.464 e. The van der Waals surface area contributed by atoms with Crippen molar-refractivity contribution in [2.75, 3.05) is 6.61 Å². The van der Waals surface area contributed by atoms with Crippen LogP contribution in [-0.2, 0) is 14.3 Å². The maximum absolute atomic E-state index is 12.3. The van der Waals surface area contributed by atoms with Crippen LogP contribution in [0.1, 0.15) is 30.1 Å². The van der Waals surface area contributed by atoms with Crippen LogP contribution in [0.5, 0.6) is 0 Å². The summed E-state index contributed by atoms with van der Waals surface area (Å²) in [6.45, 7) is 1.97. The van der Waals surface area contributed by atoms with Crippen molar-refractivity contribution < 1.29 is 19.1 Å². The first-order valence-electron chi connectivity index (χ1n) is 7.32. The van der Waals surface area contributed by atoms with Gasteiger partial charge in [0.1, 0.15) is 12.3 Å². The quantitative estimate of drug-likeness (QED) is 0.643. The molecule has 0 spiro atoms. The first-order chi connectivity index (χ1) is 10.7. The third kappa shape index (κ3) is 3.81. The van der Waals surface area contributed by atoms with Gasteiger partial charge >= 0.3 is 5.97 Å². The number of esters is 1. The number of ether oxygens (including phenoxy) is 1. The molecule has 0 radical (unpaired) electrons. The molecule has 116 valence electrons. The van der Waals surface area contributed by atoms with E-state index in [9.17, 15) is 14.4 Å². The molecule has 1 N–H and O–H groups in total. The molecular formula is C17H19NO4. The molecule has 1 aliphatic carbocycles. The number of carbonyl (C=O) groups excluding carboxylic acids is 3. The van der Waals surface area contributed by atoms with Crippen LogP contribution >= 0.6 is 0 Å². The molecule has 1 aliphatic rings. The number of hydrogen-bond donors (Lipinski definition) is 1. The van der Waals surface area contributed by atoms with E-state index in [1.807, 2.05) is 6.07 Å². The summed E-state index contributed by atoms with van der Waals surface area (Å²) in [6.07, 6.45) is 3.65. The highest BCUT2D eigenvalue weighted by Gasteiger charge is 2.33. The Morgan fingerprint density at radius 2 is 2.09 bits per heavy atom. The topological polar surface area (TPSA) is 72.5 Å². The molecule has 0 unspecified atom stereocenters. The van der Waals surface area contributed by atoms with Gasteiger partial charge in [0.15, 0.2) is 0 Å². The lowest BCUT2D eigenvalue weighted by Crippen LogP contribution is -2.46. The van der Waals surface area contributed by atoms with Gasteiger partial charge in [-0.2, -0.15) is 0 Å². The minimum atomic E-state index is -0.749. The van der Waals surface area contributed by atoms with Gasteiger partial charge in [0.2, 0.25) is 0 Å². The second kappa shape index (κ2) is 7.54. The van der Waals surface area contributed by atoms with Crippen LogP contribution < -0.4 is 5.32 Å². The first kappa shape index (κ1) is 15.9. The molecular weight excluding hydrogens is 282 g/mol. The van der Waals surface area contributed by atoms with Crippen molar-refractivity contribution in [3.8, 4) is 0 Å². The maximum Gasteiger partial charge on any atom is 0.328 e. The molecule has 5 heteroatoms. The Morgan fingerprint density at radius 1 is 1.36 bits per heavy atom. The summed E-state index contributed by atoms with van der Waals surface area (Å²) < 4.78 is 5.06. The van der Waals surface area contributed by atoms with Gasteiger partial charge in [-0.3, -0.25) is 9.59 Å². The zero-order valence-electron chi connectivity index (χ0n) is 12.5. The van der Waals surface area contributed by atoms with Gasteiger partial charge in [0.05, 0.1) is 6.61 Å². The molecule has 1 aromatic carbocycles. The van der Waals surface area contributed by atoms with Gasteiger partial charge in [-0.25, -0.2) is 4.79 Å². The second-order valence-corrected chi connectivity index (χ2v) is 5.17. The monoisotopic (exact) mass is 301 g/mol. The van der Waals surface area contributed by atoms with Gasteiger partial charge in [0.25, 0.3) is 5.91 Å². The molecule has 0 saturated carbocycles. The van der Waals surface area contributed by atoms with Crippen molar-refractivity contribution in [3.05, 3.63) is 47.5 Å². The summed E-state index contributed by atoms with van der Waals surface area (Å²) in [7, 11) is 0. The molecule has 1 amide bonds. The molecule has 5 nitrogen and oxygen atoms in total. The zero-order chi connectivity index (χ0) is 15.9. The molecule has 1 aromatic rings. The van der Waals surface area contributed by atoms with Gasteiger partial charge < -0.3 is 10.1 Å². The predicted octanol–water partition coefficient (Wildman–Crippen LogP) is 1.88. The third-order valence-electron chi connectivity index (χ3n) is 3.67. The predicted molar refractivity (Wildman–Crippen MR) is 81.2 cm³/mol. The van der Waals surface area contributed by atoms with E-state index in [1.165, 1.54) is 0 Å². The molecule has 22 heavy (non-hydrogen) atoms. The van der Waals surface area contributed by atoms with Crippen LogP contribution in [0.15, 0.2) is 42.0 Å². The Kier molecular flexibility index (Phi) is 5.47. The molecule has 0 saturated heterocycles. The lowest BCUT2D eigenvalue weighted by Gasteiger charge is -2.23. The Labute approximate surface area is 129 Å². The SMILES string of the molecule is CCOC(=O)[C@@H](NC(=O)c1ccccc1)[C@H]1CC=C(C=O)C1. The fraction of sp³-hybridized carbons (Fsp3) is 0.353. The summed E-state index contributed by atoms with van der Waals surface area (Å²) in [5.74, 6) is -0.928. The normalized spacial score (nSPS) is 18.2. The van der Waals surface area contributed by atoms with E-state index in [2.05, 4.69) is 5.32 Å². The summed E-state index contributed by atoms with van der Waals surface area (Å²) >= 11 is 0. The lowest BCUT2D eigenvalue weighted by molar-refractivity contribution is -0.146. The Balaban J connectivity index is 2.10. The van der Waals surface area contributed by atoms with Crippen molar-refractivity contribution in [2.45, 2.75) is 25.8 Å². The zero-order valence-corrected chi connectivity index (χ0v) is 12.5. The highest BCUT2D eigenvalue weighted by molar-refractivity contribution is 5.96. The number of nitrogens with one attached hydrogen (secondary N) is 1. The van der Waals surface area contributed by atoms with Crippen molar-refractivity contribution in [1.82, 2.24) is 5.32 Å². The van der Waals surface area contributed by atoms with Crippen molar-refractivity contribution >= 4 is 18.2 Å².